The molecule has 142 valence electrons. The van der Waals surface area contributed by atoms with Crippen LogP contribution in [0, 0.1) is 22.6 Å². The molecule has 1 N–H and O–H groups in total. The molecule has 0 saturated carbocycles. The molecule has 1 aromatic carbocycles. The van der Waals surface area contributed by atoms with Crippen molar-refractivity contribution in [3.8, 4) is 17.3 Å². The quantitative estimate of drug-likeness (QED) is 0.755. The van der Waals surface area contributed by atoms with E-state index in [-0.39, 0.29) is 11.5 Å². The molecular weight excluding hydrogens is 361 g/mol. The van der Waals surface area contributed by atoms with E-state index in [9.17, 15) is 9.18 Å². The number of nitriles is 1. The number of pyridine rings is 1. The first-order valence-corrected chi connectivity index (χ1v) is 8.93. The van der Waals surface area contributed by atoms with Gasteiger partial charge in [0.25, 0.3) is 0 Å². The number of nitrogens with zero attached hydrogens (tertiary/aromatic N) is 4. The minimum absolute atomic E-state index is 0.0320. The van der Waals surface area contributed by atoms with Crippen LogP contribution in [-0.4, -0.2) is 33.7 Å². The van der Waals surface area contributed by atoms with Crippen molar-refractivity contribution in [2.45, 2.75) is 19.8 Å². The predicted molar refractivity (Wildman–Crippen MR) is 99.9 cm³/mol. The van der Waals surface area contributed by atoms with Gasteiger partial charge < -0.3 is 10.1 Å². The molecule has 4 rings (SSSR count). The number of ether oxygens (including phenoxy) is 1. The van der Waals surface area contributed by atoms with Crippen molar-refractivity contribution in [3.05, 3.63) is 48.0 Å². The monoisotopic (exact) mass is 379 g/mol. The van der Waals surface area contributed by atoms with Crippen LogP contribution in [0.3, 0.4) is 0 Å². The van der Waals surface area contributed by atoms with E-state index in [0.717, 1.165) is 0 Å². The second-order valence-corrected chi connectivity index (χ2v) is 7.09. The number of hydrogen-bond acceptors (Lipinski definition) is 5. The van der Waals surface area contributed by atoms with Gasteiger partial charge in [-0.25, -0.2) is 13.9 Å². The zero-order chi connectivity index (χ0) is 19.7. The van der Waals surface area contributed by atoms with E-state index < -0.39 is 11.2 Å². The number of nitrogens with one attached hydrogen (secondary N) is 1. The molecule has 3 aromatic rings. The maximum absolute atomic E-state index is 14.1. The van der Waals surface area contributed by atoms with Crippen LogP contribution in [0.1, 0.15) is 25.3 Å². The molecule has 1 aliphatic rings. The Balaban J connectivity index is 1.72. The summed E-state index contributed by atoms with van der Waals surface area (Å²) in [6.45, 7) is 3.04. The molecule has 7 nitrogen and oxygen atoms in total. The molecule has 2 aromatic heterocycles. The molecule has 0 unspecified atom stereocenters. The first-order chi connectivity index (χ1) is 13.5. The number of amides is 1. The maximum Gasteiger partial charge on any atom is 0.230 e. The molecule has 1 saturated heterocycles. The Bertz CT molecular complexity index is 1100. The predicted octanol–water partition coefficient (Wildman–Crippen LogP) is 3.16. The van der Waals surface area contributed by atoms with Gasteiger partial charge in [0.2, 0.25) is 5.91 Å². The fourth-order valence-electron chi connectivity index (χ4n) is 3.30. The largest absolute Gasteiger partial charge is 0.381 e. The van der Waals surface area contributed by atoms with Crippen LogP contribution < -0.4 is 5.32 Å². The molecule has 0 radical (unpaired) electrons. The smallest absolute Gasteiger partial charge is 0.230 e. The van der Waals surface area contributed by atoms with Gasteiger partial charge in [0, 0.05) is 30.5 Å². The SMILES string of the molecule is CC1(C(=O)Nc2cc(-c3ccc(C#N)c(F)c3)n3ncnc3c2)CCOCC1. The molecule has 0 aliphatic carbocycles. The first-order valence-electron chi connectivity index (χ1n) is 8.93. The molecular formula is C20H18FN5O2. The van der Waals surface area contributed by atoms with Crippen molar-refractivity contribution in [2.75, 3.05) is 18.5 Å². The van der Waals surface area contributed by atoms with E-state index in [1.165, 1.54) is 18.5 Å². The molecule has 0 spiro atoms. The van der Waals surface area contributed by atoms with Crippen molar-refractivity contribution in [2.24, 2.45) is 5.41 Å². The third-order valence-electron chi connectivity index (χ3n) is 5.17. The second kappa shape index (κ2) is 7.02. The zero-order valence-electron chi connectivity index (χ0n) is 15.3. The lowest BCUT2D eigenvalue weighted by Crippen LogP contribution is -2.38. The lowest BCUT2D eigenvalue weighted by atomic mass is 9.81. The maximum atomic E-state index is 14.1. The Labute approximate surface area is 160 Å². The highest BCUT2D eigenvalue weighted by Gasteiger charge is 2.35. The molecule has 1 fully saturated rings. The van der Waals surface area contributed by atoms with Crippen molar-refractivity contribution >= 4 is 17.2 Å². The van der Waals surface area contributed by atoms with Gasteiger partial charge in [-0.2, -0.15) is 10.4 Å². The number of rotatable bonds is 3. The molecule has 0 atom stereocenters. The van der Waals surface area contributed by atoms with E-state index >= 15 is 0 Å². The van der Waals surface area contributed by atoms with E-state index in [2.05, 4.69) is 15.4 Å². The van der Waals surface area contributed by atoms with Crippen LogP contribution in [0.25, 0.3) is 16.9 Å². The number of aromatic nitrogens is 3. The van der Waals surface area contributed by atoms with Crippen molar-refractivity contribution < 1.29 is 13.9 Å². The van der Waals surface area contributed by atoms with Crippen LogP contribution in [0.5, 0.6) is 0 Å². The summed E-state index contributed by atoms with van der Waals surface area (Å²) in [6, 6.07) is 9.59. The third-order valence-corrected chi connectivity index (χ3v) is 5.17. The Morgan fingerprint density at radius 2 is 2.11 bits per heavy atom. The van der Waals surface area contributed by atoms with Crippen LogP contribution >= 0.6 is 0 Å². The summed E-state index contributed by atoms with van der Waals surface area (Å²) < 4.78 is 21.0. The van der Waals surface area contributed by atoms with Crippen LogP contribution in [0.4, 0.5) is 10.1 Å². The number of benzene rings is 1. The van der Waals surface area contributed by atoms with Crippen LogP contribution in [0.2, 0.25) is 0 Å². The lowest BCUT2D eigenvalue weighted by Gasteiger charge is -2.32. The number of halogens is 1. The third kappa shape index (κ3) is 3.21. The van der Waals surface area contributed by atoms with Crippen LogP contribution in [-0.2, 0) is 9.53 Å². The standard InChI is InChI=1S/C20H18FN5O2/c1-20(4-6-28-7-5-20)19(27)25-15-9-17(26-18(10-15)23-12-24-26)13-2-3-14(11-22)16(21)8-13/h2-3,8-10,12H,4-7H2,1H3,(H,25,27). The van der Waals surface area contributed by atoms with Crippen molar-refractivity contribution in [1.82, 2.24) is 14.6 Å². The molecule has 3 heterocycles. The summed E-state index contributed by atoms with van der Waals surface area (Å²) in [6.07, 6.45) is 2.70. The fourth-order valence-corrected chi connectivity index (χ4v) is 3.30. The number of carbonyl (C=O) groups is 1. The van der Waals surface area contributed by atoms with E-state index in [0.29, 0.717) is 48.6 Å². The Morgan fingerprint density at radius 3 is 2.82 bits per heavy atom. The van der Waals surface area contributed by atoms with Gasteiger partial charge in [-0.3, -0.25) is 4.79 Å². The summed E-state index contributed by atoms with van der Waals surface area (Å²) in [7, 11) is 0. The average Bonchev–Trinajstić information content (AvgIpc) is 3.16. The summed E-state index contributed by atoms with van der Waals surface area (Å²) in [5.74, 6) is -0.700. The number of carbonyl (C=O) groups excluding carboxylic acids is 1. The fraction of sp³-hybridized carbons (Fsp3) is 0.300. The highest BCUT2D eigenvalue weighted by atomic mass is 19.1. The first kappa shape index (κ1) is 18.1. The van der Waals surface area contributed by atoms with Crippen molar-refractivity contribution in [1.29, 1.82) is 5.26 Å². The highest BCUT2D eigenvalue weighted by Crippen LogP contribution is 2.32. The van der Waals surface area contributed by atoms with Gasteiger partial charge in [-0.1, -0.05) is 13.0 Å². The Hall–Kier alpha value is -3.31. The van der Waals surface area contributed by atoms with Crippen LogP contribution in [0.15, 0.2) is 36.7 Å². The second-order valence-electron chi connectivity index (χ2n) is 7.09. The lowest BCUT2D eigenvalue weighted by molar-refractivity contribution is -0.129. The summed E-state index contributed by atoms with van der Waals surface area (Å²) in [5.41, 5.74) is 1.63. The summed E-state index contributed by atoms with van der Waals surface area (Å²) in [4.78, 5) is 17.0. The zero-order valence-corrected chi connectivity index (χ0v) is 15.3. The highest BCUT2D eigenvalue weighted by molar-refractivity contribution is 5.96. The Morgan fingerprint density at radius 1 is 1.32 bits per heavy atom. The average molecular weight is 379 g/mol. The Kier molecular flexibility index (Phi) is 4.53. The van der Waals surface area contributed by atoms with Gasteiger partial charge in [-0.15, -0.1) is 0 Å². The van der Waals surface area contributed by atoms with Gasteiger partial charge >= 0.3 is 0 Å². The number of fused-ring (bicyclic) bond motifs is 1. The number of hydrogen-bond donors (Lipinski definition) is 1. The summed E-state index contributed by atoms with van der Waals surface area (Å²) in [5, 5.41) is 16.1. The van der Waals surface area contributed by atoms with E-state index in [1.54, 1.807) is 22.7 Å². The topological polar surface area (TPSA) is 92.3 Å². The van der Waals surface area contributed by atoms with Gasteiger partial charge in [0.15, 0.2) is 5.65 Å². The minimum Gasteiger partial charge on any atom is -0.381 e. The molecule has 28 heavy (non-hydrogen) atoms. The van der Waals surface area contributed by atoms with Gasteiger partial charge in [-0.05, 0) is 31.0 Å². The molecule has 8 heteroatoms. The molecule has 1 amide bonds. The number of anilines is 1. The van der Waals surface area contributed by atoms with Gasteiger partial charge in [0.1, 0.15) is 18.2 Å². The molecule has 0 bridgehead atoms. The molecule has 1 aliphatic heterocycles. The minimum atomic E-state index is -0.613. The van der Waals surface area contributed by atoms with E-state index in [1.807, 2.05) is 13.0 Å². The normalized spacial score (nSPS) is 15.9. The van der Waals surface area contributed by atoms with Gasteiger partial charge in [0.05, 0.1) is 16.7 Å². The van der Waals surface area contributed by atoms with E-state index in [4.69, 9.17) is 10.00 Å². The van der Waals surface area contributed by atoms with Crippen molar-refractivity contribution in [3.63, 3.8) is 0 Å². The summed E-state index contributed by atoms with van der Waals surface area (Å²) >= 11 is 0.